The average Bonchev–Trinajstić information content (AvgIpc) is 3.20. The summed E-state index contributed by atoms with van der Waals surface area (Å²) in [6.45, 7) is 6.22. The maximum atomic E-state index is 12.9. The summed E-state index contributed by atoms with van der Waals surface area (Å²) in [7, 11) is 0. The minimum atomic E-state index is -0.0161. The van der Waals surface area contributed by atoms with Gasteiger partial charge in [0, 0.05) is 63.5 Å². The molecule has 3 aliphatic rings. The van der Waals surface area contributed by atoms with E-state index in [0.717, 1.165) is 12.1 Å². The van der Waals surface area contributed by atoms with Crippen LogP contribution in [0.4, 0.5) is 5.69 Å². The van der Waals surface area contributed by atoms with Crippen molar-refractivity contribution < 1.29 is 19.1 Å². The highest BCUT2D eigenvalue weighted by Crippen LogP contribution is 2.23. The van der Waals surface area contributed by atoms with Gasteiger partial charge in [-0.3, -0.25) is 19.3 Å². The second kappa shape index (κ2) is 8.92. The molecule has 1 aromatic carbocycles. The smallest absolute Gasteiger partial charge is 0.254 e. The van der Waals surface area contributed by atoms with E-state index >= 15 is 0 Å². The van der Waals surface area contributed by atoms with Crippen LogP contribution in [0.1, 0.15) is 23.2 Å². The summed E-state index contributed by atoms with van der Waals surface area (Å²) >= 11 is 0. The number of amides is 3. The van der Waals surface area contributed by atoms with Crippen molar-refractivity contribution in [3.8, 4) is 0 Å². The van der Waals surface area contributed by atoms with Crippen LogP contribution in [0.2, 0.25) is 0 Å². The molecule has 3 saturated heterocycles. The first-order chi connectivity index (χ1) is 14.1. The van der Waals surface area contributed by atoms with Crippen molar-refractivity contribution >= 4 is 23.4 Å². The van der Waals surface area contributed by atoms with E-state index in [2.05, 4.69) is 4.90 Å². The fourth-order valence-corrected chi connectivity index (χ4v) is 4.12. The summed E-state index contributed by atoms with van der Waals surface area (Å²) in [5.74, 6) is 0.238. The highest BCUT2D eigenvalue weighted by molar-refractivity contribution is 5.99. The Kier molecular flexibility index (Phi) is 6.10. The van der Waals surface area contributed by atoms with Gasteiger partial charge in [-0.15, -0.1) is 0 Å². The molecule has 0 bridgehead atoms. The predicted molar refractivity (Wildman–Crippen MR) is 108 cm³/mol. The van der Waals surface area contributed by atoms with Crippen molar-refractivity contribution in [3.63, 3.8) is 0 Å². The maximum Gasteiger partial charge on any atom is 0.254 e. The Morgan fingerprint density at radius 2 is 1.69 bits per heavy atom. The number of benzene rings is 1. The van der Waals surface area contributed by atoms with Crippen molar-refractivity contribution in [1.29, 1.82) is 0 Å². The first-order valence-corrected chi connectivity index (χ1v) is 10.4. The summed E-state index contributed by atoms with van der Waals surface area (Å²) in [6, 6.07) is 7.35. The molecule has 0 saturated carbocycles. The Balaban J connectivity index is 1.31. The standard InChI is InChI=1S/C21H28N4O4/c26-19-5-2-6-25(19)18-4-1-3-17(15-18)21(28)24-9-7-22(8-10-24)16-20(27)23-11-13-29-14-12-23/h1,3-4,15H,2,5-14,16H2. The monoisotopic (exact) mass is 400 g/mol. The number of rotatable bonds is 4. The molecule has 0 atom stereocenters. The lowest BCUT2D eigenvalue weighted by Crippen LogP contribution is -2.52. The number of carbonyl (C=O) groups is 3. The third-order valence-electron chi connectivity index (χ3n) is 5.86. The zero-order valence-electron chi connectivity index (χ0n) is 16.7. The van der Waals surface area contributed by atoms with Gasteiger partial charge in [-0.25, -0.2) is 0 Å². The van der Waals surface area contributed by atoms with Gasteiger partial charge < -0.3 is 19.4 Å². The van der Waals surface area contributed by atoms with Crippen molar-refractivity contribution in [1.82, 2.24) is 14.7 Å². The van der Waals surface area contributed by atoms with Gasteiger partial charge in [0.1, 0.15) is 0 Å². The molecule has 156 valence electrons. The molecule has 29 heavy (non-hydrogen) atoms. The molecule has 0 spiro atoms. The summed E-state index contributed by atoms with van der Waals surface area (Å²) in [4.78, 5) is 44.9. The van der Waals surface area contributed by atoms with E-state index in [9.17, 15) is 14.4 Å². The van der Waals surface area contributed by atoms with Crippen LogP contribution in [-0.4, -0.2) is 98.0 Å². The largest absolute Gasteiger partial charge is 0.378 e. The predicted octanol–water partition coefficient (Wildman–Crippen LogP) is 0.430. The number of morpholine rings is 1. The highest BCUT2D eigenvalue weighted by Gasteiger charge is 2.27. The molecule has 8 nitrogen and oxygen atoms in total. The number of hydrogen-bond donors (Lipinski definition) is 0. The zero-order chi connectivity index (χ0) is 20.2. The average molecular weight is 400 g/mol. The summed E-state index contributed by atoms with van der Waals surface area (Å²) in [5.41, 5.74) is 1.41. The molecule has 4 rings (SSSR count). The minimum Gasteiger partial charge on any atom is -0.378 e. The second-order valence-corrected chi connectivity index (χ2v) is 7.76. The Morgan fingerprint density at radius 3 is 2.38 bits per heavy atom. The summed E-state index contributed by atoms with van der Waals surface area (Å²) in [5, 5.41) is 0. The van der Waals surface area contributed by atoms with Gasteiger partial charge in [-0.1, -0.05) is 6.07 Å². The normalized spacial score (nSPS) is 21.0. The molecule has 0 radical (unpaired) electrons. The molecular formula is C21H28N4O4. The van der Waals surface area contributed by atoms with Gasteiger partial charge in [0.15, 0.2) is 0 Å². The fourth-order valence-electron chi connectivity index (χ4n) is 4.12. The molecule has 3 aliphatic heterocycles. The van der Waals surface area contributed by atoms with Gasteiger partial charge in [0.2, 0.25) is 11.8 Å². The van der Waals surface area contributed by atoms with Gasteiger partial charge in [0.25, 0.3) is 5.91 Å². The summed E-state index contributed by atoms with van der Waals surface area (Å²) in [6.07, 6.45) is 1.44. The van der Waals surface area contributed by atoms with Gasteiger partial charge >= 0.3 is 0 Å². The van der Waals surface area contributed by atoms with Crippen LogP contribution in [-0.2, 0) is 14.3 Å². The van der Waals surface area contributed by atoms with Gasteiger partial charge in [0.05, 0.1) is 19.8 Å². The summed E-state index contributed by atoms with van der Waals surface area (Å²) < 4.78 is 5.30. The fraction of sp³-hybridized carbons (Fsp3) is 0.571. The SMILES string of the molecule is O=C(CN1CCN(C(=O)c2cccc(N3CCCC3=O)c2)CC1)N1CCOCC1. The first kappa shape index (κ1) is 19.8. The van der Waals surface area contributed by atoms with E-state index in [4.69, 9.17) is 4.74 Å². The van der Waals surface area contributed by atoms with Crippen molar-refractivity contribution in [2.24, 2.45) is 0 Å². The number of carbonyl (C=O) groups excluding carboxylic acids is 3. The van der Waals surface area contributed by atoms with Crippen molar-refractivity contribution in [2.75, 3.05) is 70.5 Å². The van der Waals surface area contributed by atoms with E-state index in [1.165, 1.54) is 0 Å². The molecule has 0 aliphatic carbocycles. The van der Waals surface area contributed by atoms with Crippen LogP contribution in [0.3, 0.4) is 0 Å². The molecule has 1 aromatic rings. The molecule has 8 heteroatoms. The maximum absolute atomic E-state index is 12.9. The Bertz CT molecular complexity index is 770. The van der Waals surface area contributed by atoms with E-state index in [-0.39, 0.29) is 17.7 Å². The topological polar surface area (TPSA) is 73.4 Å². The zero-order valence-corrected chi connectivity index (χ0v) is 16.7. The van der Waals surface area contributed by atoms with Crippen LogP contribution >= 0.6 is 0 Å². The first-order valence-electron chi connectivity index (χ1n) is 10.4. The molecule has 0 aromatic heterocycles. The number of nitrogens with zero attached hydrogens (tertiary/aromatic N) is 4. The van der Waals surface area contributed by atoms with Crippen LogP contribution in [0.15, 0.2) is 24.3 Å². The van der Waals surface area contributed by atoms with Gasteiger partial charge in [-0.05, 0) is 24.6 Å². The van der Waals surface area contributed by atoms with E-state index < -0.39 is 0 Å². The number of ether oxygens (including phenoxy) is 1. The minimum absolute atomic E-state index is 0.0161. The second-order valence-electron chi connectivity index (χ2n) is 7.76. The molecular weight excluding hydrogens is 372 g/mol. The van der Waals surface area contributed by atoms with E-state index in [1.807, 2.05) is 28.0 Å². The lowest BCUT2D eigenvalue weighted by Gasteiger charge is -2.36. The lowest BCUT2D eigenvalue weighted by atomic mass is 10.1. The lowest BCUT2D eigenvalue weighted by molar-refractivity contribution is -0.136. The van der Waals surface area contributed by atoms with Crippen molar-refractivity contribution in [3.05, 3.63) is 29.8 Å². The number of piperazine rings is 1. The molecule has 0 N–H and O–H groups in total. The van der Waals surface area contributed by atoms with Crippen LogP contribution in [0.25, 0.3) is 0 Å². The Labute approximate surface area is 171 Å². The van der Waals surface area contributed by atoms with Crippen molar-refractivity contribution in [2.45, 2.75) is 12.8 Å². The third kappa shape index (κ3) is 4.59. The quantitative estimate of drug-likeness (QED) is 0.733. The van der Waals surface area contributed by atoms with E-state index in [1.54, 1.807) is 11.0 Å². The molecule has 3 fully saturated rings. The Hall–Kier alpha value is -2.45. The number of hydrogen-bond acceptors (Lipinski definition) is 5. The van der Waals surface area contributed by atoms with Crippen LogP contribution < -0.4 is 4.90 Å². The highest BCUT2D eigenvalue weighted by atomic mass is 16.5. The molecule has 3 amide bonds. The van der Waals surface area contributed by atoms with E-state index in [0.29, 0.717) is 77.6 Å². The third-order valence-corrected chi connectivity index (χ3v) is 5.86. The van der Waals surface area contributed by atoms with Gasteiger partial charge in [-0.2, -0.15) is 0 Å². The van der Waals surface area contributed by atoms with Crippen LogP contribution in [0, 0.1) is 0 Å². The number of anilines is 1. The molecule has 3 heterocycles. The Morgan fingerprint density at radius 1 is 0.931 bits per heavy atom. The van der Waals surface area contributed by atoms with Crippen LogP contribution in [0.5, 0.6) is 0 Å². The molecule has 0 unspecified atom stereocenters.